The summed E-state index contributed by atoms with van der Waals surface area (Å²) in [5, 5.41) is 5.29. The third kappa shape index (κ3) is 4.23. The third-order valence-electron chi connectivity index (χ3n) is 7.36. The van der Waals surface area contributed by atoms with Crippen LogP contribution in [-0.4, -0.2) is 53.8 Å². The molecule has 2 amide bonds. The number of fused-ring (bicyclic) bond motifs is 1. The number of amides is 2. The number of carbonyl (C=O) groups excluding carboxylic acids is 2. The Labute approximate surface area is 194 Å². The van der Waals surface area contributed by atoms with Gasteiger partial charge in [-0.1, -0.05) is 37.1 Å². The molecule has 0 bridgehead atoms. The fourth-order valence-corrected chi connectivity index (χ4v) is 6.67. The smallest absolute Gasteiger partial charge is 0.254 e. The van der Waals surface area contributed by atoms with E-state index in [1.54, 1.807) is 11.3 Å². The molecule has 0 radical (unpaired) electrons. The third-order valence-corrected chi connectivity index (χ3v) is 8.30. The van der Waals surface area contributed by atoms with Crippen LogP contribution >= 0.6 is 11.3 Å². The monoisotopic (exact) mass is 451 g/mol. The first-order chi connectivity index (χ1) is 15.7. The molecule has 2 aromatic rings. The van der Waals surface area contributed by atoms with Crippen molar-refractivity contribution < 1.29 is 9.59 Å². The van der Waals surface area contributed by atoms with Gasteiger partial charge in [-0.25, -0.2) is 0 Å². The van der Waals surface area contributed by atoms with E-state index in [-0.39, 0.29) is 29.8 Å². The number of carbonyl (C=O) groups is 2. The lowest BCUT2D eigenvalue weighted by molar-refractivity contribution is -0.124. The van der Waals surface area contributed by atoms with Crippen molar-refractivity contribution in [1.82, 2.24) is 15.1 Å². The molecule has 1 aliphatic carbocycles. The molecule has 0 unspecified atom stereocenters. The summed E-state index contributed by atoms with van der Waals surface area (Å²) in [5.41, 5.74) is 1.58. The lowest BCUT2D eigenvalue weighted by Crippen LogP contribution is -2.50. The van der Waals surface area contributed by atoms with Gasteiger partial charge < -0.3 is 15.1 Å². The fourth-order valence-electron chi connectivity index (χ4n) is 5.81. The molecule has 2 fully saturated rings. The van der Waals surface area contributed by atoms with Crippen molar-refractivity contribution >= 4 is 23.2 Å². The average Bonchev–Trinajstić information content (AvgIpc) is 3.60. The van der Waals surface area contributed by atoms with Crippen LogP contribution in [0, 0.1) is 0 Å². The van der Waals surface area contributed by atoms with E-state index in [0.29, 0.717) is 12.1 Å². The molecule has 1 aromatic heterocycles. The molecular formula is C26H33N3O2S. The molecule has 1 saturated carbocycles. The van der Waals surface area contributed by atoms with Crippen LogP contribution in [-0.2, 0) is 4.79 Å². The van der Waals surface area contributed by atoms with E-state index in [2.05, 4.69) is 26.6 Å². The minimum Gasteiger partial charge on any atom is -0.355 e. The van der Waals surface area contributed by atoms with Crippen LogP contribution in [0.3, 0.4) is 0 Å². The Balaban J connectivity index is 1.42. The van der Waals surface area contributed by atoms with E-state index in [0.717, 1.165) is 49.1 Å². The topological polar surface area (TPSA) is 52.7 Å². The van der Waals surface area contributed by atoms with Crippen LogP contribution in [0.25, 0.3) is 0 Å². The number of hydrogen-bond donors (Lipinski definition) is 1. The SMILES string of the molecule is O=C(NCCCN1CCCC1)[C@@H]1c2ccccc2C(=O)N(C2CCCC2)[C@@H]1c1cccs1. The molecule has 1 N–H and O–H groups in total. The molecule has 5 rings (SSSR count). The molecule has 2 aliphatic heterocycles. The second-order valence-corrected chi connectivity index (χ2v) is 10.3. The van der Waals surface area contributed by atoms with Crippen LogP contribution in [0.5, 0.6) is 0 Å². The van der Waals surface area contributed by atoms with Crippen molar-refractivity contribution in [2.75, 3.05) is 26.2 Å². The standard InChI is InChI=1S/C26H33N3O2S/c30-25(27-14-8-17-28-15-5-6-16-28)23-20-11-3-4-12-21(20)26(31)29(19-9-1-2-10-19)24(23)22-13-7-18-32-22/h3-4,7,11-13,18-19,23-24H,1-2,5-6,8-10,14-17H2,(H,27,30)/t23-,24-/m1/s1. The van der Waals surface area contributed by atoms with Gasteiger partial charge in [0.15, 0.2) is 0 Å². The summed E-state index contributed by atoms with van der Waals surface area (Å²) in [6, 6.07) is 11.9. The van der Waals surface area contributed by atoms with E-state index in [9.17, 15) is 9.59 Å². The number of nitrogens with zero attached hydrogens (tertiary/aromatic N) is 2. The van der Waals surface area contributed by atoms with Gasteiger partial charge in [0.1, 0.15) is 0 Å². The van der Waals surface area contributed by atoms with Gasteiger partial charge in [-0.2, -0.15) is 0 Å². The Hall–Kier alpha value is -2.18. The zero-order valence-corrected chi connectivity index (χ0v) is 19.5. The Morgan fingerprint density at radius 3 is 2.56 bits per heavy atom. The molecular weight excluding hydrogens is 418 g/mol. The molecule has 32 heavy (non-hydrogen) atoms. The average molecular weight is 452 g/mol. The summed E-state index contributed by atoms with van der Waals surface area (Å²) in [7, 11) is 0. The highest BCUT2D eigenvalue weighted by atomic mass is 32.1. The lowest BCUT2D eigenvalue weighted by Gasteiger charge is -2.44. The lowest BCUT2D eigenvalue weighted by atomic mass is 9.80. The molecule has 6 heteroatoms. The van der Waals surface area contributed by atoms with Crippen LogP contribution < -0.4 is 5.32 Å². The van der Waals surface area contributed by atoms with Crippen molar-refractivity contribution in [2.45, 2.75) is 62.9 Å². The maximum Gasteiger partial charge on any atom is 0.254 e. The van der Waals surface area contributed by atoms with Gasteiger partial charge in [0.05, 0.1) is 12.0 Å². The Morgan fingerprint density at radius 2 is 1.81 bits per heavy atom. The molecule has 5 nitrogen and oxygen atoms in total. The number of nitrogens with one attached hydrogen (secondary N) is 1. The van der Waals surface area contributed by atoms with Crippen molar-refractivity contribution in [3.63, 3.8) is 0 Å². The van der Waals surface area contributed by atoms with Gasteiger partial charge in [-0.05, 0) is 74.8 Å². The maximum atomic E-state index is 13.7. The summed E-state index contributed by atoms with van der Waals surface area (Å²) in [5.74, 6) is -0.230. The fraction of sp³-hybridized carbons (Fsp3) is 0.538. The minimum absolute atomic E-state index is 0.0489. The van der Waals surface area contributed by atoms with Crippen LogP contribution in [0.2, 0.25) is 0 Å². The van der Waals surface area contributed by atoms with Crippen molar-refractivity contribution in [1.29, 1.82) is 0 Å². The highest BCUT2D eigenvalue weighted by molar-refractivity contribution is 7.10. The zero-order valence-electron chi connectivity index (χ0n) is 18.7. The Kier molecular flexibility index (Phi) is 6.60. The first kappa shape index (κ1) is 21.7. The number of likely N-dealkylation sites (tertiary alicyclic amines) is 1. The van der Waals surface area contributed by atoms with E-state index in [1.165, 1.54) is 25.9 Å². The summed E-state index contributed by atoms with van der Waals surface area (Å²) in [4.78, 5) is 33.0. The zero-order chi connectivity index (χ0) is 21.9. The maximum absolute atomic E-state index is 13.7. The van der Waals surface area contributed by atoms with Gasteiger partial charge in [0.2, 0.25) is 5.91 Å². The highest BCUT2D eigenvalue weighted by Crippen LogP contribution is 2.47. The molecule has 170 valence electrons. The van der Waals surface area contributed by atoms with Crippen molar-refractivity contribution in [2.24, 2.45) is 0 Å². The number of hydrogen-bond acceptors (Lipinski definition) is 4. The van der Waals surface area contributed by atoms with Gasteiger partial charge in [-0.15, -0.1) is 11.3 Å². The summed E-state index contributed by atoms with van der Waals surface area (Å²) >= 11 is 1.65. The van der Waals surface area contributed by atoms with Gasteiger partial charge in [0.25, 0.3) is 5.91 Å². The van der Waals surface area contributed by atoms with E-state index in [4.69, 9.17) is 0 Å². The normalized spacial score (nSPS) is 24.1. The van der Waals surface area contributed by atoms with Crippen molar-refractivity contribution in [3.8, 4) is 0 Å². The van der Waals surface area contributed by atoms with E-state index >= 15 is 0 Å². The van der Waals surface area contributed by atoms with Crippen molar-refractivity contribution in [3.05, 3.63) is 57.8 Å². The predicted molar refractivity (Wildman–Crippen MR) is 128 cm³/mol. The highest BCUT2D eigenvalue weighted by Gasteiger charge is 2.47. The largest absolute Gasteiger partial charge is 0.355 e. The number of benzene rings is 1. The summed E-state index contributed by atoms with van der Waals surface area (Å²) in [6.45, 7) is 4.09. The van der Waals surface area contributed by atoms with E-state index in [1.807, 2.05) is 30.3 Å². The molecule has 3 aliphatic rings. The van der Waals surface area contributed by atoms with Gasteiger partial charge in [0, 0.05) is 23.0 Å². The van der Waals surface area contributed by atoms with Gasteiger partial charge >= 0.3 is 0 Å². The first-order valence-electron chi connectivity index (χ1n) is 12.2. The molecule has 1 saturated heterocycles. The Bertz CT molecular complexity index is 932. The summed E-state index contributed by atoms with van der Waals surface area (Å²) < 4.78 is 0. The molecule has 3 heterocycles. The van der Waals surface area contributed by atoms with Crippen LogP contribution in [0.15, 0.2) is 41.8 Å². The predicted octanol–water partition coefficient (Wildman–Crippen LogP) is 4.57. The van der Waals surface area contributed by atoms with E-state index < -0.39 is 0 Å². The second-order valence-electron chi connectivity index (χ2n) is 9.37. The van der Waals surface area contributed by atoms with Crippen LogP contribution in [0.4, 0.5) is 0 Å². The quantitative estimate of drug-likeness (QED) is 0.627. The molecule has 2 atom stereocenters. The first-order valence-corrected chi connectivity index (χ1v) is 13.1. The number of rotatable bonds is 7. The minimum atomic E-state index is -0.366. The summed E-state index contributed by atoms with van der Waals surface area (Å²) in [6.07, 6.45) is 7.91. The van der Waals surface area contributed by atoms with Gasteiger partial charge in [-0.3, -0.25) is 9.59 Å². The molecule has 0 spiro atoms. The molecule has 1 aromatic carbocycles. The van der Waals surface area contributed by atoms with Crippen LogP contribution in [0.1, 0.15) is 77.7 Å². The number of thiophene rings is 1. The second kappa shape index (κ2) is 9.75. The Morgan fingerprint density at radius 1 is 1.03 bits per heavy atom.